The van der Waals surface area contributed by atoms with E-state index in [2.05, 4.69) is 10.6 Å². The van der Waals surface area contributed by atoms with E-state index in [-0.39, 0.29) is 40.3 Å². The van der Waals surface area contributed by atoms with E-state index in [1.807, 2.05) is 13.8 Å². The molecule has 2 aromatic rings. The van der Waals surface area contributed by atoms with Crippen molar-refractivity contribution in [3.63, 3.8) is 0 Å². The van der Waals surface area contributed by atoms with Crippen LogP contribution in [0.15, 0.2) is 26.6 Å². The summed E-state index contributed by atoms with van der Waals surface area (Å²) in [7, 11) is -4.01. The van der Waals surface area contributed by atoms with E-state index in [1.54, 1.807) is 0 Å². The zero-order chi connectivity index (χ0) is 23.9. The maximum atomic E-state index is 13.0. The number of ether oxygens (including phenoxy) is 1. The van der Waals surface area contributed by atoms with Crippen LogP contribution < -0.4 is 21.5 Å². The average Bonchev–Trinajstić information content (AvgIpc) is 3.47. The molecule has 0 saturated carbocycles. The topological polar surface area (TPSA) is 125 Å². The second kappa shape index (κ2) is 9.25. The van der Waals surface area contributed by atoms with Crippen molar-refractivity contribution in [1.29, 1.82) is 0 Å². The minimum atomic E-state index is -4.01. The van der Waals surface area contributed by atoms with Crippen LogP contribution in [0.3, 0.4) is 0 Å². The first kappa shape index (κ1) is 24.0. The number of hydrogen-bond donors (Lipinski definition) is 3. The molecular formula is C22H28ClN3O6S. The van der Waals surface area contributed by atoms with Gasteiger partial charge in [0.1, 0.15) is 16.3 Å². The first-order valence-corrected chi connectivity index (χ1v) is 13.0. The van der Waals surface area contributed by atoms with Crippen LogP contribution in [0, 0.1) is 0 Å². The van der Waals surface area contributed by atoms with Crippen molar-refractivity contribution in [3.05, 3.63) is 37.6 Å². The van der Waals surface area contributed by atoms with E-state index >= 15 is 0 Å². The summed E-state index contributed by atoms with van der Waals surface area (Å²) in [6, 6.07) is 2.55. The Bertz CT molecular complexity index is 1220. The lowest BCUT2D eigenvalue weighted by atomic mass is 10.0. The van der Waals surface area contributed by atoms with E-state index < -0.39 is 31.5 Å². The fourth-order valence-electron chi connectivity index (χ4n) is 4.51. The number of halogens is 1. The van der Waals surface area contributed by atoms with Gasteiger partial charge in [-0.2, -0.15) is 4.31 Å². The number of nitrogens with zero attached hydrogens (tertiary/aromatic N) is 1. The van der Waals surface area contributed by atoms with Crippen molar-refractivity contribution < 1.29 is 18.3 Å². The molecule has 2 aliphatic heterocycles. The molecule has 0 aromatic heterocycles. The third-order valence-corrected chi connectivity index (χ3v) is 8.80. The third kappa shape index (κ3) is 4.37. The first-order chi connectivity index (χ1) is 15.6. The Hall–Kier alpha value is -2.14. The molecule has 3 atom stereocenters. The highest BCUT2D eigenvalue weighted by molar-refractivity contribution is 7.89. The molecule has 4 rings (SSSR count). The molecule has 9 nitrogen and oxygen atoms in total. The van der Waals surface area contributed by atoms with Crippen LogP contribution in [0.1, 0.15) is 46.0 Å². The van der Waals surface area contributed by atoms with Crippen LogP contribution >= 0.6 is 11.6 Å². The van der Waals surface area contributed by atoms with Gasteiger partial charge in [0, 0.05) is 13.1 Å². The van der Waals surface area contributed by atoms with Crippen molar-refractivity contribution in [2.24, 2.45) is 0 Å². The monoisotopic (exact) mass is 497 g/mol. The second-order valence-corrected chi connectivity index (χ2v) is 10.9. The van der Waals surface area contributed by atoms with Crippen molar-refractivity contribution >= 4 is 38.7 Å². The molecular weight excluding hydrogens is 470 g/mol. The number of anilines is 3. The number of nitrogens with one attached hydrogen (secondary N) is 2. The van der Waals surface area contributed by atoms with Crippen LogP contribution in [0.25, 0.3) is 0 Å². The summed E-state index contributed by atoms with van der Waals surface area (Å²) in [5, 5.41) is 16.5. The summed E-state index contributed by atoms with van der Waals surface area (Å²) in [6.45, 7) is 4.65. The molecule has 33 heavy (non-hydrogen) atoms. The smallest absolute Gasteiger partial charge is 0.253 e. The number of phenols is 1. The lowest BCUT2D eigenvalue weighted by molar-refractivity contribution is 0.0438. The van der Waals surface area contributed by atoms with Gasteiger partial charge in [-0.25, -0.2) is 8.42 Å². The van der Waals surface area contributed by atoms with Crippen molar-refractivity contribution in [2.75, 3.05) is 23.7 Å². The zero-order valence-corrected chi connectivity index (χ0v) is 20.1. The standard InChI is InChI=1S/C22H28ClN3O6S/c1-3-14(16-9-6-12(2)32-16)24-17-18(21(29)20(17)28)25-15-8-7-13(23)22(19(15)27)33(30,31)26-10-4-5-11-26/h7-8,12,14,16,24-25,27H,3-6,9-11H2,1-2H3/t12-,14?,16-/m1/s1. The van der Waals surface area contributed by atoms with Crippen LogP contribution in [0.4, 0.5) is 17.1 Å². The van der Waals surface area contributed by atoms with Gasteiger partial charge < -0.3 is 20.5 Å². The van der Waals surface area contributed by atoms with Crippen LogP contribution in [-0.2, 0) is 14.8 Å². The summed E-state index contributed by atoms with van der Waals surface area (Å²) in [5.74, 6) is -0.589. The number of benzene rings is 1. The first-order valence-electron chi connectivity index (χ1n) is 11.2. The molecule has 2 saturated heterocycles. The zero-order valence-electron chi connectivity index (χ0n) is 18.6. The second-order valence-electron chi connectivity index (χ2n) is 8.64. The fourth-order valence-corrected chi connectivity index (χ4v) is 6.62. The Morgan fingerprint density at radius 1 is 1.18 bits per heavy atom. The molecule has 2 heterocycles. The number of sulfonamides is 1. The Morgan fingerprint density at radius 2 is 1.85 bits per heavy atom. The quantitative estimate of drug-likeness (QED) is 0.375. The summed E-state index contributed by atoms with van der Waals surface area (Å²) >= 11 is 6.15. The number of phenolic OH excluding ortho intramolecular Hbond substituents is 1. The molecule has 11 heteroatoms. The maximum absolute atomic E-state index is 13.0. The normalized spacial score (nSPS) is 22.6. The fraction of sp³-hybridized carbons (Fsp3) is 0.545. The van der Waals surface area contributed by atoms with Gasteiger partial charge in [-0.1, -0.05) is 18.5 Å². The predicted octanol–water partition coefficient (Wildman–Crippen LogP) is 2.93. The van der Waals surface area contributed by atoms with Crippen LogP contribution in [0.5, 0.6) is 5.75 Å². The number of aromatic hydroxyl groups is 1. The van der Waals surface area contributed by atoms with E-state index in [1.165, 1.54) is 16.4 Å². The molecule has 2 aliphatic rings. The van der Waals surface area contributed by atoms with Crippen LogP contribution in [-0.4, -0.2) is 49.2 Å². The summed E-state index contributed by atoms with van der Waals surface area (Å²) in [6.07, 6.45) is 3.97. The Morgan fingerprint density at radius 3 is 2.45 bits per heavy atom. The van der Waals surface area contributed by atoms with Gasteiger partial charge in [0.25, 0.3) is 10.9 Å². The molecule has 0 radical (unpaired) electrons. The van der Waals surface area contributed by atoms with Gasteiger partial charge in [-0.05, 0) is 51.2 Å². The van der Waals surface area contributed by atoms with E-state index in [9.17, 15) is 23.1 Å². The average molecular weight is 498 g/mol. The van der Waals surface area contributed by atoms with Gasteiger partial charge in [0.05, 0.1) is 29.0 Å². The summed E-state index contributed by atoms with van der Waals surface area (Å²) < 4.78 is 33.2. The number of hydrogen-bond acceptors (Lipinski definition) is 8. The van der Waals surface area contributed by atoms with Crippen molar-refractivity contribution in [2.45, 2.75) is 69.1 Å². The minimum Gasteiger partial charge on any atom is -0.504 e. The van der Waals surface area contributed by atoms with E-state index in [0.29, 0.717) is 19.5 Å². The van der Waals surface area contributed by atoms with Gasteiger partial charge >= 0.3 is 0 Å². The highest BCUT2D eigenvalue weighted by Gasteiger charge is 2.34. The van der Waals surface area contributed by atoms with Gasteiger partial charge in [0.15, 0.2) is 5.75 Å². The molecule has 2 fully saturated rings. The van der Waals surface area contributed by atoms with E-state index in [0.717, 1.165) is 25.7 Å². The lowest BCUT2D eigenvalue weighted by Crippen LogP contribution is -2.42. The summed E-state index contributed by atoms with van der Waals surface area (Å²) in [4.78, 5) is 24.2. The largest absolute Gasteiger partial charge is 0.504 e. The Balaban J connectivity index is 1.62. The highest BCUT2D eigenvalue weighted by Crippen LogP contribution is 2.40. The SMILES string of the molecule is CCC(Nc1c(Nc2ccc(Cl)c(S(=O)(=O)N3CCCC3)c2O)c(=O)c1=O)[C@H]1CC[C@@H](C)O1. The van der Waals surface area contributed by atoms with Gasteiger partial charge in [-0.15, -0.1) is 0 Å². The Labute approximate surface area is 197 Å². The molecule has 0 spiro atoms. The molecule has 1 unspecified atom stereocenters. The minimum absolute atomic E-state index is 0.0216. The lowest BCUT2D eigenvalue weighted by Gasteiger charge is -2.26. The maximum Gasteiger partial charge on any atom is 0.253 e. The number of rotatable bonds is 8. The molecule has 0 amide bonds. The van der Waals surface area contributed by atoms with Gasteiger partial charge in [-0.3, -0.25) is 9.59 Å². The third-order valence-electron chi connectivity index (χ3n) is 6.40. The van der Waals surface area contributed by atoms with Crippen LogP contribution in [0.2, 0.25) is 5.02 Å². The molecule has 180 valence electrons. The molecule has 2 aromatic carbocycles. The molecule has 0 bridgehead atoms. The van der Waals surface area contributed by atoms with Crippen molar-refractivity contribution in [3.8, 4) is 5.75 Å². The summed E-state index contributed by atoms with van der Waals surface area (Å²) in [5.41, 5.74) is -1.35. The molecule has 3 N–H and O–H groups in total. The van der Waals surface area contributed by atoms with Crippen molar-refractivity contribution in [1.82, 2.24) is 4.31 Å². The molecule has 0 aliphatic carbocycles. The predicted molar refractivity (Wildman–Crippen MR) is 127 cm³/mol. The van der Waals surface area contributed by atoms with Gasteiger partial charge in [0.2, 0.25) is 10.0 Å². The Kier molecular flexibility index (Phi) is 6.73. The van der Waals surface area contributed by atoms with E-state index in [4.69, 9.17) is 16.3 Å². The highest BCUT2D eigenvalue weighted by atomic mass is 35.5.